The van der Waals surface area contributed by atoms with E-state index in [0.717, 1.165) is 33.2 Å². The predicted molar refractivity (Wildman–Crippen MR) is 168 cm³/mol. The molecule has 0 amide bonds. The van der Waals surface area contributed by atoms with Crippen LogP contribution in [0.4, 0.5) is 0 Å². The average Bonchev–Trinajstić information content (AvgIpc) is 3.07. The largest absolute Gasteiger partial charge is 0.265 e. The van der Waals surface area contributed by atoms with E-state index in [4.69, 9.17) is 15.0 Å². The van der Waals surface area contributed by atoms with E-state index < -0.39 is 0 Å². The van der Waals surface area contributed by atoms with E-state index >= 15 is 0 Å². The Balaban J connectivity index is 1.34. The standard InChI is InChI=1S/C37H21N5/c38-22-23-4-6-29(7-5-23)35-40-36(30-12-8-24(9-13-30)25-18-20-39-21-19-25)42-37(41-35)32-17-15-28-11-10-26-2-1-3-27-14-16-31(32)34(28)33(26)27/h1-21H. The molecule has 5 nitrogen and oxygen atoms in total. The van der Waals surface area contributed by atoms with Crippen LogP contribution in [-0.2, 0) is 0 Å². The molecule has 0 aliphatic rings. The molecule has 2 heterocycles. The average molecular weight is 536 g/mol. The summed E-state index contributed by atoms with van der Waals surface area (Å²) in [5.74, 6) is 1.75. The van der Waals surface area contributed by atoms with Gasteiger partial charge in [-0.25, -0.2) is 15.0 Å². The first-order valence-corrected chi connectivity index (χ1v) is 13.7. The number of nitriles is 1. The molecule has 8 rings (SSSR count). The van der Waals surface area contributed by atoms with Gasteiger partial charge in [0.15, 0.2) is 17.5 Å². The summed E-state index contributed by atoms with van der Waals surface area (Å²) in [4.78, 5) is 19.1. The van der Waals surface area contributed by atoms with Gasteiger partial charge in [-0.15, -0.1) is 0 Å². The molecule has 0 saturated heterocycles. The van der Waals surface area contributed by atoms with Crippen LogP contribution in [0.15, 0.2) is 128 Å². The highest BCUT2D eigenvalue weighted by Crippen LogP contribution is 2.39. The smallest absolute Gasteiger partial charge is 0.164 e. The zero-order valence-corrected chi connectivity index (χ0v) is 22.4. The molecule has 0 fully saturated rings. The summed E-state index contributed by atoms with van der Waals surface area (Å²) in [6.07, 6.45) is 3.59. The summed E-state index contributed by atoms with van der Waals surface area (Å²) in [5.41, 5.74) is 5.45. The van der Waals surface area contributed by atoms with Crippen LogP contribution in [-0.4, -0.2) is 19.9 Å². The van der Waals surface area contributed by atoms with Gasteiger partial charge in [0.25, 0.3) is 0 Å². The first kappa shape index (κ1) is 23.9. The van der Waals surface area contributed by atoms with Crippen LogP contribution >= 0.6 is 0 Å². The summed E-state index contributed by atoms with van der Waals surface area (Å²) >= 11 is 0. The van der Waals surface area contributed by atoms with E-state index in [1.54, 1.807) is 24.5 Å². The van der Waals surface area contributed by atoms with E-state index in [-0.39, 0.29) is 0 Å². The molecule has 0 aliphatic heterocycles. The van der Waals surface area contributed by atoms with E-state index in [0.29, 0.717) is 23.0 Å². The monoisotopic (exact) mass is 535 g/mol. The summed E-state index contributed by atoms with van der Waals surface area (Å²) in [5, 5.41) is 16.5. The highest BCUT2D eigenvalue weighted by atomic mass is 15.0. The van der Waals surface area contributed by atoms with Crippen molar-refractivity contribution in [1.29, 1.82) is 5.26 Å². The maximum absolute atomic E-state index is 9.31. The molecule has 8 aromatic rings. The fourth-order valence-electron chi connectivity index (χ4n) is 5.73. The lowest BCUT2D eigenvalue weighted by Gasteiger charge is -2.14. The molecule has 2 aromatic heterocycles. The number of aromatic nitrogens is 4. The Morgan fingerprint density at radius 3 is 1.64 bits per heavy atom. The van der Waals surface area contributed by atoms with Crippen LogP contribution < -0.4 is 0 Å². The molecule has 0 saturated carbocycles. The third kappa shape index (κ3) is 3.94. The molecule has 194 valence electrons. The maximum atomic E-state index is 9.31. The molecule has 0 bridgehead atoms. The lowest BCUT2D eigenvalue weighted by atomic mass is 9.92. The van der Waals surface area contributed by atoms with Crippen LogP contribution in [0.3, 0.4) is 0 Å². The number of nitrogens with zero attached hydrogens (tertiary/aromatic N) is 5. The van der Waals surface area contributed by atoms with Crippen LogP contribution in [0.25, 0.3) is 77.6 Å². The van der Waals surface area contributed by atoms with Crippen molar-refractivity contribution in [2.45, 2.75) is 0 Å². The summed E-state index contributed by atoms with van der Waals surface area (Å²) in [6.45, 7) is 0. The molecule has 0 atom stereocenters. The molecule has 0 N–H and O–H groups in total. The Labute approximate surface area is 241 Å². The first-order valence-electron chi connectivity index (χ1n) is 13.7. The third-order valence-electron chi connectivity index (χ3n) is 7.83. The van der Waals surface area contributed by atoms with Gasteiger partial charge < -0.3 is 0 Å². The zero-order chi connectivity index (χ0) is 28.0. The van der Waals surface area contributed by atoms with Crippen LogP contribution in [0, 0.1) is 11.3 Å². The summed E-state index contributed by atoms with van der Waals surface area (Å²) in [6, 6.07) is 41.2. The molecule has 6 aromatic carbocycles. The summed E-state index contributed by atoms with van der Waals surface area (Å²) < 4.78 is 0. The lowest BCUT2D eigenvalue weighted by Crippen LogP contribution is -2.01. The van der Waals surface area contributed by atoms with Crippen molar-refractivity contribution in [2.24, 2.45) is 0 Å². The van der Waals surface area contributed by atoms with Gasteiger partial charge in [0.05, 0.1) is 11.6 Å². The SMILES string of the molecule is N#Cc1ccc(-c2nc(-c3ccc(-c4ccncc4)cc3)nc(-c3ccc4ccc5cccc6ccc3c4c56)n2)cc1. The molecule has 0 spiro atoms. The molecular weight excluding hydrogens is 514 g/mol. The molecule has 0 unspecified atom stereocenters. The van der Waals surface area contributed by atoms with Gasteiger partial charge in [0.2, 0.25) is 0 Å². The van der Waals surface area contributed by atoms with Gasteiger partial charge in [-0.05, 0) is 85.9 Å². The van der Waals surface area contributed by atoms with Gasteiger partial charge in [-0.3, -0.25) is 4.98 Å². The fourth-order valence-corrected chi connectivity index (χ4v) is 5.73. The van der Waals surface area contributed by atoms with Gasteiger partial charge >= 0.3 is 0 Å². The minimum absolute atomic E-state index is 0.559. The first-order chi connectivity index (χ1) is 20.7. The van der Waals surface area contributed by atoms with E-state index in [9.17, 15) is 5.26 Å². The number of hydrogen-bond acceptors (Lipinski definition) is 5. The number of rotatable bonds is 4. The van der Waals surface area contributed by atoms with Gasteiger partial charge in [0, 0.05) is 29.1 Å². The highest BCUT2D eigenvalue weighted by Gasteiger charge is 2.17. The Kier molecular flexibility index (Phi) is 5.44. The summed E-state index contributed by atoms with van der Waals surface area (Å²) in [7, 11) is 0. The van der Waals surface area contributed by atoms with Crippen molar-refractivity contribution in [3.8, 4) is 51.4 Å². The van der Waals surface area contributed by atoms with Crippen LogP contribution in [0.1, 0.15) is 5.56 Å². The normalized spacial score (nSPS) is 11.3. The molecule has 0 aliphatic carbocycles. The van der Waals surface area contributed by atoms with E-state index in [2.05, 4.69) is 77.8 Å². The minimum atomic E-state index is 0.559. The molecule has 0 radical (unpaired) electrons. The zero-order valence-electron chi connectivity index (χ0n) is 22.4. The quantitative estimate of drug-likeness (QED) is 0.211. The second-order valence-electron chi connectivity index (χ2n) is 10.3. The van der Waals surface area contributed by atoms with Gasteiger partial charge in [0.1, 0.15) is 0 Å². The fraction of sp³-hybridized carbons (Fsp3) is 0. The van der Waals surface area contributed by atoms with Crippen molar-refractivity contribution in [3.63, 3.8) is 0 Å². The molecular formula is C37H21N5. The predicted octanol–water partition coefficient (Wildman–Crippen LogP) is 8.70. The number of pyridine rings is 1. The van der Waals surface area contributed by atoms with Crippen molar-refractivity contribution >= 4 is 32.3 Å². The van der Waals surface area contributed by atoms with Crippen molar-refractivity contribution in [3.05, 3.63) is 133 Å². The van der Waals surface area contributed by atoms with E-state index in [1.165, 1.54) is 26.9 Å². The third-order valence-corrected chi connectivity index (χ3v) is 7.83. The molecule has 42 heavy (non-hydrogen) atoms. The lowest BCUT2D eigenvalue weighted by molar-refractivity contribution is 1.08. The van der Waals surface area contributed by atoms with Gasteiger partial charge in [-0.2, -0.15) is 5.26 Å². The minimum Gasteiger partial charge on any atom is -0.265 e. The maximum Gasteiger partial charge on any atom is 0.164 e. The topological polar surface area (TPSA) is 75.3 Å². The van der Waals surface area contributed by atoms with Crippen LogP contribution in [0.5, 0.6) is 0 Å². The van der Waals surface area contributed by atoms with E-state index in [1.807, 2.05) is 36.4 Å². The number of benzene rings is 6. The van der Waals surface area contributed by atoms with Crippen molar-refractivity contribution in [2.75, 3.05) is 0 Å². The van der Waals surface area contributed by atoms with Crippen LogP contribution in [0.2, 0.25) is 0 Å². The Hall–Kier alpha value is -5.99. The highest BCUT2D eigenvalue weighted by molar-refractivity contribution is 6.25. The number of hydrogen-bond donors (Lipinski definition) is 0. The van der Waals surface area contributed by atoms with Gasteiger partial charge in [-0.1, -0.05) is 72.8 Å². The van der Waals surface area contributed by atoms with Crippen molar-refractivity contribution < 1.29 is 0 Å². The second kappa shape index (κ2) is 9.58. The second-order valence-corrected chi connectivity index (χ2v) is 10.3. The molecule has 5 heteroatoms. The Bertz CT molecular complexity index is 2270. The van der Waals surface area contributed by atoms with Crippen molar-refractivity contribution in [1.82, 2.24) is 19.9 Å². The Morgan fingerprint density at radius 1 is 0.452 bits per heavy atom. The Morgan fingerprint density at radius 2 is 0.976 bits per heavy atom.